The molecule has 0 aliphatic carbocycles. The van der Waals surface area contributed by atoms with Crippen LogP contribution in [0.1, 0.15) is 18.4 Å². The van der Waals surface area contributed by atoms with Crippen LogP contribution in [-0.4, -0.2) is 54.0 Å². The SMILES string of the molecule is N=C(N)NCCC[C@H](N)C(=O)N[C@@H](Cc1ccc2ccccc2c1)C(=O)NCC(=O)O. The third kappa shape index (κ3) is 7.94. The van der Waals surface area contributed by atoms with Crippen molar-refractivity contribution in [2.24, 2.45) is 11.5 Å². The smallest absolute Gasteiger partial charge is 0.322 e. The number of carbonyl (C=O) groups is 3. The molecule has 0 aliphatic heterocycles. The van der Waals surface area contributed by atoms with Crippen LogP contribution in [0.5, 0.6) is 0 Å². The van der Waals surface area contributed by atoms with Crippen LogP contribution in [-0.2, 0) is 20.8 Å². The molecule has 166 valence electrons. The Kier molecular flexibility index (Phi) is 8.77. The van der Waals surface area contributed by atoms with E-state index >= 15 is 0 Å². The van der Waals surface area contributed by atoms with Gasteiger partial charge in [-0.2, -0.15) is 0 Å². The summed E-state index contributed by atoms with van der Waals surface area (Å²) in [5.74, 6) is -2.46. The molecule has 9 N–H and O–H groups in total. The summed E-state index contributed by atoms with van der Waals surface area (Å²) < 4.78 is 0. The molecule has 0 saturated heterocycles. The monoisotopic (exact) mass is 428 g/mol. The van der Waals surface area contributed by atoms with E-state index in [9.17, 15) is 14.4 Å². The lowest BCUT2D eigenvalue weighted by Gasteiger charge is -2.21. The number of benzene rings is 2. The standard InChI is InChI=1S/C21H28N6O4/c22-16(6-3-9-25-21(23)24)19(30)27-17(20(31)26-12-18(28)29)11-13-7-8-14-4-1-2-5-15(14)10-13/h1-2,4-5,7-8,10,16-17H,3,6,9,11-12,22H2,(H,26,31)(H,27,30)(H,28,29)(H4,23,24,25)/t16-,17-/m0/s1. The summed E-state index contributed by atoms with van der Waals surface area (Å²) in [6, 6.07) is 11.6. The van der Waals surface area contributed by atoms with Crippen LogP contribution in [0.2, 0.25) is 0 Å². The van der Waals surface area contributed by atoms with Crippen molar-refractivity contribution in [3.05, 3.63) is 48.0 Å². The first-order valence-corrected chi connectivity index (χ1v) is 9.87. The normalized spacial score (nSPS) is 12.5. The Hall–Kier alpha value is -3.66. The third-order valence-electron chi connectivity index (χ3n) is 4.64. The maximum absolute atomic E-state index is 12.5. The summed E-state index contributed by atoms with van der Waals surface area (Å²) >= 11 is 0. The molecule has 0 heterocycles. The molecule has 0 aliphatic rings. The van der Waals surface area contributed by atoms with Gasteiger partial charge in [0.2, 0.25) is 11.8 Å². The van der Waals surface area contributed by atoms with Crippen LogP contribution in [0, 0.1) is 5.41 Å². The summed E-state index contributed by atoms with van der Waals surface area (Å²) in [6.45, 7) is -0.151. The molecule has 2 aromatic rings. The quantitative estimate of drug-likeness (QED) is 0.145. The average molecular weight is 428 g/mol. The van der Waals surface area contributed by atoms with E-state index in [1.54, 1.807) is 0 Å². The average Bonchev–Trinajstić information content (AvgIpc) is 2.74. The summed E-state index contributed by atoms with van der Waals surface area (Å²) in [4.78, 5) is 35.8. The van der Waals surface area contributed by atoms with E-state index in [-0.39, 0.29) is 12.4 Å². The molecule has 2 rings (SSSR count). The van der Waals surface area contributed by atoms with Crippen molar-refractivity contribution in [2.75, 3.05) is 13.1 Å². The summed E-state index contributed by atoms with van der Waals surface area (Å²) in [5, 5.41) is 25.5. The number of hydrogen-bond acceptors (Lipinski definition) is 5. The number of guanidine groups is 1. The Bertz CT molecular complexity index is 948. The lowest BCUT2D eigenvalue weighted by Crippen LogP contribution is -2.53. The zero-order chi connectivity index (χ0) is 22.8. The second kappa shape index (κ2) is 11.5. The van der Waals surface area contributed by atoms with Crippen LogP contribution in [0.25, 0.3) is 10.8 Å². The molecule has 2 amide bonds. The van der Waals surface area contributed by atoms with Crippen LogP contribution in [0.15, 0.2) is 42.5 Å². The van der Waals surface area contributed by atoms with Crippen molar-refractivity contribution in [1.82, 2.24) is 16.0 Å². The Labute approximate surface area is 179 Å². The second-order valence-electron chi connectivity index (χ2n) is 7.15. The number of rotatable bonds is 11. The number of nitrogens with two attached hydrogens (primary N) is 2. The van der Waals surface area contributed by atoms with E-state index in [4.69, 9.17) is 22.0 Å². The van der Waals surface area contributed by atoms with Crippen LogP contribution in [0.4, 0.5) is 0 Å². The summed E-state index contributed by atoms with van der Waals surface area (Å²) in [7, 11) is 0. The van der Waals surface area contributed by atoms with Gasteiger partial charge >= 0.3 is 5.97 Å². The molecule has 0 saturated carbocycles. The Balaban J connectivity index is 2.06. The van der Waals surface area contributed by atoms with Crippen molar-refractivity contribution in [1.29, 1.82) is 5.41 Å². The molecule has 0 bridgehead atoms. The van der Waals surface area contributed by atoms with Gasteiger partial charge in [-0.05, 0) is 29.2 Å². The second-order valence-corrected chi connectivity index (χ2v) is 7.15. The number of hydrogen-bond donors (Lipinski definition) is 7. The largest absolute Gasteiger partial charge is 0.480 e. The first-order valence-electron chi connectivity index (χ1n) is 9.87. The number of carboxylic acids is 1. The van der Waals surface area contributed by atoms with E-state index < -0.39 is 36.4 Å². The van der Waals surface area contributed by atoms with Crippen molar-refractivity contribution in [3.8, 4) is 0 Å². The first-order chi connectivity index (χ1) is 14.8. The topological polar surface area (TPSA) is 183 Å². The van der Waals surface area contributed by atoms with Gasteiger partial charge in [-0.1, -0.05) is 42.5 Å². The maximum atomic E-state index is 12.5. The Morgan fingerprint density at radius 3 is 2.42 bits per heavy atom. The molecule has 0 spiro atoms. The predicted octanol–water partition coefficient (Wildman–Crippen LogP) is -0.342. The fourth-order valence-corrected chi connectivity index (χ4v) is 3.05. The van der Waals surface area contributed by atoms with Crippen LogP contribution in [0.3, 0.4) is 0 Å². The van der Waals surface area contributed by atoms with Crippen molar-refractivity contribution in [3.63, 3.8) is 0 Å². The number of fused-ring (bicyclic) bond motifs is 1. The highest BCUT2D eigenvalue weighted by atomic mass is 16.4. The van der Waals surface area contributed by atoms with Crippen molar-refractivity contribution in [2.45, 2.75) is 31.3 Å². The third-order valence-corrected chi connectivity index (χ3v) is 4.64. The minimum atomic E-state index is -1.18. The van der Waals surface area contributed by atoms with E-state index in [1.807, 2.05) is 42.5 Å². The Morgan fingerprint density at radius 1 is 1.03 bits per heavy atom. The number of amides is 2. The lowest BCUT2D eigenvalue weighted by atomic mass is 10.0. The fourth-order valence-electron chi connectivity index (χ4n) is 3.05. The maximum Gasteiger partial charge on any atom is 0.322 e. The van der Waals surface area contributed by atoms with Gasteiger partial charge in [0.15, 0.2) is 5.96 Å². The molecule has 0 unspecified atom stereocenters. The number of nitrogens with one attached hydrogen (secondary N) is 4. The van der Waals surface area contributed by atoms with Gasteiger partial charge in [0.1, 0.15) is 12.6 Å². The molecule has 0 radical (unpaired) electrons. The van der Waals surface area contributed by atoms with Gasteiger partial charge in [-0.25, -0.2) is 0 Å². The predicted molar refractivity (Wildman–Crippen MR) is 117 cm³/mol. The zero-order valence-electron chi connectivity index (χ0n) is 17.1. The van der Waals surface area contributed by atoms with E-state index in [1.165, 1.54) is 0 Å². The first kappa shape index (κ1) is 23.6. The van der Waals surface area contributed by atoms with Crippen molar-refractivity contribution < 1.29 is 19.5 Å². The molecule has 31 heavy (non-hydrogen) atoms. The summed E-state index contributed by atoms with van der Waals surface area (Å²) in [6.07, 6.45) is 1.01. The number of aliphatic carboxylic acids is 1. The fraction of sp³-hybridized carbons (Fsp3) is 0.333. The molecule has 2 atom stereocenters. The highest BCUT2D eigenvalue weighted by molar-refractivity contribution is 5.91. The molecule has 10 nitrogen and oxygen atoms in total. The van der Waals surface area contributed by atoms with E-state index in [2.05, 4.69) is 16.0 Å². The number of carbonyl (C=O) groups excluding carboxylic acids is 2. The van der Waals surface area contributed by atoms with Crippen LogP contribution >= 0.6 is 0 Å². The van der Waals surface area contributed by atoms with E-state index in [0.29, 0.717) is 19.4 Å². The molecular formula is C21H28N6O4. The molecule has 10 heteroatoms. The minimum Gasteiger partial charge on any atom is -0.480 e. The highest BCUT2D eigenvalue weighted by Crippen LogP contribution is 2.17. The van der Waals surface area contributed by atoms with Gasteiger partial charge in [0.05, 0.1) is 6.04 Å². The highest BCUT2D eigenvalue weighted by Gasteiger charge is 2.24. The molecule has 0 fully saturated rings. The summed E-state index contributed by atoms with van der Waals surface area (Å²) in [5.41, 5.74) is 11.9. The number of carboxylic acid groups (broad SMARTS) is 1. The van der Waals surface area contributed by atoms with Gasteiger partial charge in [-0.3, -0.25) is 19.8 Å². The Morgan fingerprint density at radius 2 is 1.74 bits per heavy atom. The zero-order valence-corrected chi connectivity index (χ0v) is 17.1. The van der Waals surface area contributed by atoms with E-state index in [0.717, 1.165) is 16.3 Å². The van der Waals surface area contributed by atoms with Crippen molar-refractivity contribution >= 4 is 34.5 Å². The van der Waals surface area contributed by atoms with Gasteiger partial charge < -0.3 is 32.5 Å². The minimum absolute atomic E-state index is 0.163. The molecule has 0 aromatic heterocycles. The molecule has 2 aromatic carbocycles. The van der Waals surface area contributed by atoms with Gasteiger partial charge in [-0.15, -0.1) is 0 Å². The van der Waals surface area contributed by atoms with Gasteiger partial charge in [0.25, 0.3) is 0 Å². The van der Waals surface area contributed by atoms with Crippen LogP contribution < -0.4 is 27.4 Å². The van der Waals surface area contributed by atoms with Gasteiger partial charge in [0, 0.05) is 13.0 Å². The molecular weight excluding hydrogens is 400 g/mol. The lowest BCUT2D eigenvalue weighted by molar-refractivity contribution is -0.138.